The third kappa shape index (κ3) is 5.45. The van der Waals surface area contributed by atoms with Crippen molar-refractivity contribution < 1.29 is 19.4 Å². The lowest BCUT2D eigenvalue weighted by Crippen LogP contribution is -2.05. The monoisotopic (exact) mass is 442 g/mol. The van der Waals surface area contributed by atoms with Crippen LogP contribution in [0, 0.1) is 11.3 Å². The number of aryl methyl sites for hydroxylation is 1. The Morgan fingerprint density at radius 1 is 0.879 bits per heavy atom. The zero-order valence-corrected chi connectivity index (χ0v) is 18.4. The van der Waals surface area contributed by atoms with Crippen LogP contribution in [0.15, 0.2) is 66.7 Å². The molecule has 1 N–H and O–H groups in total. The highest BCUT2D eigenvalue weighted by atomic mass is 16.5. The Balaban J connectivity index is 1.33. The maximum absolute atomic E-state index is 11.1. The summed E-state index contributed by atoms with van der Waals surface area (Å²) in [4.78, 5) is 11.1. The minimum atomic E-state index is -0.811. The summed E-state index contributed by atoms with van der Waals surface area (Å²) in [6.45, 7) is 1.59. The molecule has 33 heavy (non-hydrogen) atoms. The van der Waals surface area contributed by atoms with Gasteiger partial charge in [0.2, 0.25) is 0 Å². The Morgan fingerprint density at radius 3 is 2.27 bits per heavy atom. The quantitative estimate of drug-likeness (QED) is 0.307. The molecule has 0 amide bonds. The van der Waals surface area contributed by atoms with Crippen LogP contribution in [0.5, 0.6) is 11.5 Å². The Bertz CT molecular complexity index is 1290. The van der Waals surface area contributed by atoms with Gasteiger partial charge in [-0.3, -0.25) is 4.79 Å². The molecule has 1 aromatic heterocycles. The largest absolute Gasteiger partial charge is 0.494 e. The fourth-order valence-electron chi connectivity index (χ4n) is 3.95. The molecule has 4 rings (SSSR count). The lowest BCUT2D eigenvalue weighted by atomic mass is 10.1. The highest BCUT2D eigenvalue weighted by molar-refractivity contribution is 6.08. The summed E-state index contributed by atoms with van der Waals surface area (Å²) in [7, 11) is 0. The summed E-state index contributed by atoms with van der Waals surface area (Å²) >= 11 is 0. The van der Waals surface area contributed by atoms with Gasteiger partial charge in [0.1, 0.15) is 11.5 Å². The molecule has 0 fully saturated rings. The van der Waals surface area contributed by atoms with Crippen LogP contribution >= 0.6 is 0 Å². The molecule has 0 unspecified atom stereocenters. The van der Waals surface area contributed by atoms with Gasteiger partial charge in [-0.25, -0.2) is 0 Å². The van der Waals surface area contributed by atoms with Crippen molar-refractivity contribution in [1.82, 2.24) is 4.57 Å². The first-order chi connectivity index (χ1) is 16.2. The number of benzene rings is 3. The van der Waals surface area contributed by atoms with E-state index < -0.39 is 5.97 Å². The van der Waals surface area contributed by atoms with Gasteiger partial charge < -0.3 is 19.1 Å². The standard InChI is InChI=1S/C27H26N2O4/c28-15-13-20-7-9-21(10-8-20)32-17-3-4-18-33-22-11-12-24-23-5-1-2-6-25(23)29(26(24)19-22)16-14-27(30)31/h1-2,5-12,19H,3-4,13-14,16-18H2,(H,30,31). The number of hydrogen-bond donors (Lipinski definition) is 1. The number of nitrogens with zero attached hydrogens (tertiary/aromatic N) is 2. The van der Waals surface area contributed by atoms with Gasteiger partial charge in [0.15, 0.2) is 0 Å². The zero-order valence-electron chi connectivity index (χ0n) is 18.4. The van der Waals surface area contributed by atoms with Crippen molar-refractivity contribution in [2.75, 3.05) is 13.2 Å². The normalized spacial score (nSPS) is 10.9. The second-order valence-corrected chi connectivity index (χ2v) is 7.87. The molecule has 6 heteroatoms. The van der Waals surface area contributed by atoms with Gasteiger partial charge in [0, 0.05) is 28.9 Å². The highest BCUT2D eigenvalue weighted by Gasteiger charge is 2.12. The number of nitriles is 1. The summed E-state index contributed by atoms with van der Waals surface area (Å²) < 4.78 is 13.8. The number of ether oxygens (including phenoxy) is 2. The second-order valence-electron chi connectivity index (χ2n) is 7.87. The molecule has 0 saturated carbocycles. The lowest BCUT2D eigenvalue weighted by Gasteiger charge is -2.09. The highest BCUT2D eigenvalue weighted by Crippen LogP contribution is 2.31. The number of fused-ring (bicyclic) bond motifs is 3. The molecule has 1 heterocycles. The molecular formula is C27H26N2O4. The van der Waals surface area contributed by atoms with Crippen LogP contribution in [0.1, 0.15) is 24.8 Å². The van der Waals surface area contributed by atoms with E-state index in [4.69, 9.17) is 19.8 Å². The summed E-state index contributed by atoms with van der Waals surface area (Å²) in [5.41, 5.74) is 3.00. The van der Waals surface area contributed by atoms with Crippen LogP contribution in [-0.4, -0.2) is 28.9 Å². The smallest absolute Gasteiger partial charge is 0.305 e. The predicted molar refractivity (Wildman–Crippen MR) is 128 cm³/mol. The van der Waals surface area contributed by atoms with E-state index in [2.05, 4.69) is 16.7 Å². The van der Waals surface area contributed by atoms with Gasteiger partial charge in [-0.2, -0.15) is 5.26 Å². The number of rotatable bonds is 11. The van der Waals surface area contributed by atoms with E-state index in [1.165, 1.54) is 0 Å². The van der Waals surface area contributed by atoms with Crippen molar-refractivity contribution in [3.8, 4) is 17.6 Å². The van der Waals surface area contributed by atoms with Gasteiger partial charge in [-0.05, 0) is 48.7 Å². The van der Waals surface area contributed by atoms with Crippen LogP contribution in [0.2, 0.25) is 0 Å². The molecule has 4 aromatic rings. The van der Waals surface area contributed by atoms with Crippen molar-refractivity contribution in [2.45, 2.75) is 32.2 Å². The number of aliphatic carboxylic acids is 1. The number of aromatic nitrogens is 1. The average Bonchev–Trinajstić information content (AvgIpc) is 3.14. The number of carboxylic acids is 1. The molecule has 0 aliphatic heterocycles. The first-order valence-electron chi connectivity index (χ1n) is 11.1. The molecule has 0 bridgehead atoms. The van der Waals surface area contributed by atoms with Gasteiger partial charge in [0.05, 0.1) is 37.6 Å². The molecule has 0 atom stereocenters. The number of para-hydroxylation sites is 1. The Labute approximate surface area is 192 Å². The van der Waals surface area contributed by atoms with Crippen molar-refractivity contribution in [1.29, 1.82) is 5.26 Å². The fourth-order valence-corrected chi connectivity index (χ4v) is 3.95. The van der Waals surface area contributed by atoms with Crippen LogP contribution in [0.4, 0.5) is 0 Å². The minimum absolute atomic E-state index is 0.0694. The predicted octanol–water partition coefficient (Wildman–Crippen LogP) is 5.57. The van der Waals surface area contributed by atoms with E-state index >= 15 is 0 Å². The van der Waals surface area contributed by atoms with Crippen LogP contribution < -0.4 is 9.47 Å². The van der Waals surface area contributed by atoms with Crippen LogP contribution in [0.3, 0.4) is 0 Å². The van der Waals surface area contributed by atoms with Gasteiger partial charge in [0.25, 0.3) is 0 Å². The lowest BCUT2D eigenvalue weighted by molar-refractivity contribution is -0.137. The van der Waals surface area contributed by atoms with Crippen LogP contribution in [-0.2, 0) is 17.8 Å². The maximum Gasteiger partial charge on any atom is 0.305 e. The second kappa shape index (κ2) is 10.6. The summed E-state index contributed by atoms with van der Waals surface area (Å²) in [6.07, 6.45) is 2.19. The number of unbranched alkanes of at least 4 members (excludes halogenated alkanes) is 1. The Kier molecular flexibility index (Phi) is 7.11. The number of hydrogen-bond acceptors (Lipinski definition) is 4. The van der Waals surface area contributed by atoms with E-state index in [0.717, 1.165) is 51.7 Å². The number of carboxylic acid groups (broad SMARTS) is 1. The summed E-state index contributed by atoms with van der Waals surface area (Å²) in [5.74, 6) is 0.766. The van der Waals surface area contributed by atoms with E-state index in [9.17, 15) is 4.79 Å². The Morgan fingerprint density at radius 2 is 1.55 bits per heavy atom. The summed E-state index contributed by atoms with van der Waals surface area (Å²) in [5, 5.41) is 20.1. The van der Waals surface area contributed by atoms with Crippen molar-refractivity contribution in [3.63, 3.8) is 0 Å². The third-order valence-corrected chi connectivity index (χ3v) is 5.58. The molecule has 168 valence electrons. The van der Waals surface area contributed by atoms with Crippen LogP contribution in [0.25, 0.3) is 21.8 Å². The molecule has 6 nitrogen and oxygen atoms in total. The van der Waals surface area contributed by atoms with Crippen molar-refractivity contribution in [3.05, 3.63) is 72.3 Å². The van der Waals surface area contributed by atoms with E-state index in [1.54, 1.807) is 0 Å². The topological polar surface area (TPSA) is 84.5 Å². The molecule has 0 aliphatic rings. The maximum atomic E-state index is 11.1. The SMILES string of the molecule is N#CCc1ccc(OCCCCOc2ccc3c4ccccc4n(CCC(=O)O)c3c2)cc1. The molecule has 3 aromatic carbocycles. The van der Waals surface area contributed by atoms with E-state index in [-0.39, 0.29) is 6.42 Å². The van der Waals surface area contributed by atoms with E-state index in [1.807, 2.05) is 60.7 Å². The average molecular weight is 443 g/mol. The molecule has 0 radical (unpaired) electrons. The first-order valence-corrected chi connectivity index (χ1v) is 11.1. The first kappa shape index (κ1) is 22.2. The van der Waals surface area contributed by atoms with Crippen molar-refractivity contribution in [2.24, 2.45) is 0 Å². The third-order valence-electron chi connectivity index (χ3n) is 5.58. The van der Waals surface area contributed by atoms with Gasteiger partial charge in [-0.15, -0.1) is 0 Å². The zero-order chi connectivity index (χ0) is 23.0. The van der Waals surface area contributed by atoms with Gasteiger partial charge >= 0.3 is 5.97 Å². The molecule has 0 saturated heterocycles. The Hall–Kier alpha value is -3.98. The van der Waals surface area contributed by atoms with E-state index in [0.29, 0.717) is 26.2 Å². The summed E-state index contributed by atoms with van der Waals surface area (Å²) in [6, 6.07) is 23.8. The molecular weight excluding hydrogens is 416 g/mol. The minimum Gasteiger partial charge on any atom is -0.494 e. The molecule has 0 spiro atoms. The van der Waals surface area contributed by atoms with Crippen molar-refractivity contribution >= 4 is 27.8 Å². The fraction of sp³-hybridized carbons (Fsp3) is 0.259. The van der Waals surface area contributed by atoms with Gasteiger partial charge in [-0.1, -0.05) is 30.3 Å². The molecule has 0 aliphatic carbocycles. The number of carbonyl (C=O) groups is 1.